The van der Waals surface area contributed by atoms with E-state index >= 15 is 0 Å². The van der Waals surface area contributed by atoms with Crippen LogP contribution in [0.4, 0.5) is 0 Å². The zero-order valence-corrected chi connectivity index (χ0v) is 10.00. The molecule has 1 unspecified atom stereocenters. The van der Waals surface area contributed by atoms with Crippen LogP contribution in [0, 0.1) is 6.92 Å². The second-order valence-electron chi connectivity index (χ2n) is 3.50. The van der Waals surface area contributed by atoms with Crippen LogP contribution in [0.3, 0.4) is 0 Å². The molecule has 0 aliphatic heterocycles. The molecule has 1 aromatic rings. The summed E-state index contributed by atoms with van der Waals surface area (Å²) >= 11 is 3.23. The molecule has 1 atom stereocenters. The van der Waals surface area contributed by atoms with Gasteiger partial charge in [-0.05, 0) is 27.0 Å². The van der Waals surface area contributed by atoms with Crippen molar-refractivity contribution in [3.8, 4) is 0 Å². The van der Waals surface area contributed by atoms with Crippen LogP contribution >= 0.6 is 23.1 Å². The van der Waals surface area contributed by atoms with Crippen molar-refractivity contribution in [2.45, 2.75) is 31.6 Å². The second-order valence-corrected chi connectivity index (χ2v) is 6.02. The molecule has 0 aliphatic carbocycles. The minimum atomic E-state index is -0.479. The number of hydrogen-bond acceptors (Lipinski definition) is 4. The fraction of sp³-hybridized carbons (Fsp3) is 0.667. The van der Waals surface area contributed by atoms with E-state index in [4.69, 9.17) is 0 Å². The van der Waals surface area contributed by atoms with Gasteiger partial charge in [-0.3, -0.25) is 0 Å². The van der Waals surface area contributed by atoms with Gasteiger partial charge >= 0.3 is 0 Å². The summed E-state index contributed by atoms with van der Waals surface area (Å²) in [7, 11) is 0. The molecule has 74 valence electrons. The Kier molecular flexibility index (Phi) is 3.38. The van der Waals surface area contributed by atoms with Gasteiger partial charge in [-0.1, -0.05) is 0 Å². The van der Waals surface area contributed by atoms with Crippen molar-refractivity contribution in [1.29, 1.82) is 0 Å². The molecule has 0 spiro atoms. The summed E-state index contributed by atoms with van der Waals surface area (Å²) in [4.78, 5) is 4.28. The van der Waals surface area contributed by atoms with E-state index in [1.165, 1.54) is 0 Å². The molecule has 0 saturated heterocycles. The highest BCUT2D eigenvalue weighted by molar-refractivity contribution is 7.99. The highest BCUT2D eigenvalue weighted by Crippen LogP contribution is 2.35. The van der Waals surface area contributed by atoms with E-state index in [0.29, 0.717) is 0 Å². The first kappa shape index (κ1) is 11.0. The van der Waals surface area contributed by atoms with Gasteiger partial charge in [-0.25, -0.2) is 4.98 Å². The highest BCUT2D eigenvalue weighted by Gasteiger charge is 2.29. The van der Waals surface area contributed by atoms with Gasteiger partial charge in [-0.15, -0.1) is 11.3 Å². The zero-order chi connectivity index (χ0) is 10.1. The molecule has 0 bridgehead atoms. The van der Waals surface area contributed by atoms with E-state index in [9.17, 15) is 5.11 Å². The number of thioether (sulfide) groups is 1. The third kappa shape index (κ3) is 2.45. The lowest BCUT2D eigenvalue weighted by Gasteiger charge is -2.27. The normalized spacial score (nSPS) is 14.5. The second kappa shape index (κ2) is 3.98. The van der Waals surface area contributed by atoms with Crippen molar-refractivity contribution >= 4 is 23.1 Å². The van der Waals surface area contributed by atoms with Crippen molar-refractivity contribution in [3.63, 3.8) is 0 Å². The van der Waals surface area contributed by atoms with Gasteiger partial charge in [0.15, 0.2) is 0 Å². The minimum Gasteiger partial charge on any atom is -0.385 e. The Morgan fingerprint density at radius 3 is 2.62 bits per heavy atom. The lowest BCUT2D eigenvalue weighted by atomic mass is 10.0. The van der Waals surface area contributed by atoms with E-state index in [1.807, 2.05) is 32.4 Å². The van der Waals surface area contributed by atoms with Gasteiger partial charge < -0.3 is 5.11 Å². The molecule has 2 nitrogen and oxygen atoms in total. The topological polar surface area (TPSA) is 33.1 Å². The average molecular weight is 217 g/mol. The number of aliphatic hydroxyl groups is 1. The van der Waals surface area contributed by atoms with E-state index in [0.717, 1.165) is 10.7 Å². The van der Waals surface area contributed by atoms with Crippen molar-refractivity contribution in [3.05, 3.63) is 16.1 Å². The summed E-state index contributed by atoms with van der Waals surface area (Å²) < 4.78 is -0.166. The molecular weight excluding hydrogens is 202 g/mol. The predicted molar refractivity (Wildman–Crippen MR) is 59.4 cm³/mol. The maximum Gasteiger partial charge on any atom is 0.111 e. The maximum absolute atomic E-state index is 9.98. The van der Waals surface area contributed by atoms with Crippen LogP contribution in [0.1, 0.15) is 30.7 Å². The molecule has 1 aromatic heterocycles. The number of aryl methyl sites for hydroxylation is 1. The van der Waals surface area contributed by atoms with Crippen LogP contribution in [-0.2, 0) is 0 Å². The molecule has 0 aromatic carbocycles. The Balaban J connectivity index is 2.84. The fourth-order valence-electron chi connectivity index (χ4n) is 0.974. The lowest BCUT2D eigenvalue weighted by molar-refractivity contribution is 0.140. The number of aromatic nitrogens is 1. The van der Waals surface area contributed by atoms with Crippen LogP contribution in [0.25, 0.3) is 0 Å². The van der Waals surface area contributed by atoms with Crippen LogP contribution in [0.2, 0.25) is 0 Å². The molecule has 0 aliphatic rings. The van der Waals surface area contributed by atoms with Gasteiger partial charge in [-0.2, -0.15) is 11.8 Å². The van der Waals surface area contributed by atoms with Crippen LogP contribution in [-0.4, -0.2) is 21.1 Å². The van der Waals surface area contributed by atoms with E-state index < -0.39 is 6.10 Å². The molecule has 4 heteroatoms. The molecule has 1 N–H and O–H groups in total. The van der Waals surface area contributed by atoms with E-state index in [-0.39, 0.29) is 4.75 Å². The maximum atomic E-state index is 9.98. The molecule has 0 amide bonds. The summed E-state index contributed by atoms with van der Waals surface area (Å²) in [5.41, 5.74) is 0.793. The van der Waals surface area contributed by atoms with Gasteiger partial charge in [0, 0.05) is 10.1 Å². The largest absolute Gasteiger partial charge is 0.385 e. The van der Waals surface area contributed by atoms with Crippen LogP contribution in [0.15, 0.2) is 5.38 Å². The predicted octanol–water partition coefficient (Wildman–Crippen LogP) is 2.63. The summed E-state index contributed by atoms with van der Waals surface area (Å²) in [5.74, 6) is 0. The number of thiazole rings is 1. The smallest absolute Gasteiger partial charge is 0.111 e. The van der Waals surface area contributed by atoms with Gasteiger partial charge in [0.25, 0.3) is 0 Å². The standard InChI is InChI=1S/C9H15NOS2/c1-6-10-7(5-13-6)8(11)9(2,3)12-4/h5,8,11H,1-4H3. The van der Waals surface area contributed by atoms with Crippen LogP contribution < -0.4 is 0 Å². The van der Waals surface area contributed by atoms with Crippen molar-refractivity contribution in [1.82, 2.24) is 4.98 Å². The van der Waals surface area contributed by atoms with Crippen molar-refractivity contribution in [2.75, 3.05) is 6.26 Å². The Labute approximate surface area is 87.4 Å². The van der Waals surface area contributed by atoms with Crippen molar-refractivity contribution in [2.24, 2.45) is 0 Å². The molecule has 1 heterocycles. The third-order valence-corrected chi connectivity index (χ3v) is 4.17. The minimum absolute atomic E-state index is 0.166. The Hall–Kier alpha value is -0.0600. The number of nitrogens with zero attached hydrogens (tertiary/aromatic N) is 1. The first-order chi connectivity index (χ1) is 5.97. The molecule has 13 heavy (non-hydrogen) atoms. The summed E-state index contributed by atoms with van der Waals surface area (Å²) in [5, 5.41) is 12.9. The highest BCUT2D eigenvalue weighted by atomic mass is 32.2. The average Bonchev–Trinajstić information content (AvgIpc) is 2.50. The monoisotopic (exact) mass is 217 g/mol. The summed E-state index contributed by atoms with van der Waals surface area (Å²) in [6.45, 7) is 6.00. The summed E-state index contributed by atoms with van der Waals surface area (Å²) in [6, 6.07) is 0. The molecule has 0 fully saturated rings. The quantitative estimate of drug-likeness (QED) is 0.845. The van der Waals surface area contributed by atoms with Crippen molar-refractivity contribution < 1.29 is 5.11 Å². The van der Waals surface area contributed by atoms with Gasteiger partial charge in [0.1, 0.15) is 6.10 Å². The fourth-order valence-corrected chi connectivity index (χ4v) is 1.95. The number of rotatable bonds is 3. The Bertz CT molecular complexity index is 283. The Morgan fingerprint density at radius 1 is 1.62 bits per heavy atom. The third-order valence-electron chi connectivity index (χ3n) is 2.10. The lowest BCUT2D eigenvalue weighted by Crippen LogP contribution is -2.25. The van der Waals surface area contributed by atoms with Crippen LogP contribution in [0.5, 0.6) is 0 Å². The zero-order valence-electron chi connectivity index (χ0n) is 8.37. The summed E-state index contributed by atoms with van der Waals surface area (Å²) in [6.07, 6.45) is 1.52. The SMILES string of the molecule is CSC(C)(C)C(O)c1csc(C)n1. The van der Waals surface area contributed by atoms with E-state index in [1.54, 1.807) is 23.1 Å². The molecule has 0 radical (unpaired) electrons. The molecule has 0 saturated carbocycles. The van der Waals surface area contributed by atoms with Gasteiger partial charge in [0.2, 0.25) is 0 Å². The van der Waals surface area contributed by atoms with E-state index in [2.05, 4.69) is 4.98 Å². The molecular formula is C9H15NOS2. The Morgan fingerprint density at radius 2 is 2.23 bits per heavy atom. The molecule has 1 rings (SSSR count). The first-order valence-electron chi connectivity index (χ1n) is 4.12. The van der Waals surface area contributed by atoms with Gasteiger partial charge in [0.05, 0.1) is 10.7 Å². The number of aliphatic hydroxyl groups excluding tert-OH is 1. The number of hydrogen-bond donors (Lipinski definition) is 1. The first-order valence-corrected chi connectivity index (χ1v) is 6.23.